The highest BCUT2D eigenvalue weighted by Crippen LogP contribution is 2.16. The molecule has 0 spiro atoms. The van der Waals surface area contributed by atoms with Crippen LogP contribution in [0.2, 0.25) is 0 Å². The number of benzene rings is 1. The normalized spacial score (nSPS) is 10.2. The van der Waals surface area contributed by atoms with Crippen LogP contribution in [0.5, 0.6) is 0 Å². The van der Waals surface area contributed by atoms with Crippen molar-refractivity contribution in [2.75, 3.05) is 6.61 Å². The van der Waals surface area contributed by atoms with Crippen molar-refractivity contribution >= 4 is 17.5 Å². The predicted molar refractivity (Wildman–Crippen MR) is 67.3 cm³/mol. The van der Waals surface area contributed by atoms with Crippen LogP contribution in [-0.4, -0.2) is 16.9 Å². The van der Waals surface area contributed by atoms with Crippen molar-refractivity contribution in [1.82, 2.24) is 4.37 Å². The maximum absolute atomic E-state index is 11.6. The monoisotopic (exact) mass is 247 g/mol. The largest absolute Gasteiger partial charge is 0.461 e. The lowest BCUT2D eigenvalue weighted by Gasteiger charge is -2.02. The minimum absolute atomic E-state index is 0.334. The number of nitrogens with zero attached hydrogens (tertiary/aromatic N) is 1. The summed E-state index contributed by atoms with van der Waals surface area (Å²) >= 11 is 1.29. The second kappa shape index (κ2) is 5.59. The van der Waals surface area contributed by atoms with Crippen molar-refractivity contribution in [3.63, 3.8) is 0 Å². The van der Waals surface area contributed by atoms with E-state index in [4.69, 9.17) is 4.74 Å². The minimum atomic E-state index is -0.334. The Kier molecular flexibility index (Phi) is 3.88. The topological polar surface area (TPSA) is 39.2 Å². The first-order valence-electron chi connectivity index (χ1n) is 5.45. The van der Waals surface area contributed by atoms with E-state index in [1.165, 1.54) is 17.1 Å². The Morgan fingerprint density at radius 1 is 1.35 bits per heavy atom. The molecular formula is C13H13NO2S. The molecule has 4 heteroatoms. The summed E-state index contributed by atoms with van der Waals surface area (Å²) in [6.45, 7) is 2.17. The summed E-state index contributed by atoms with van der Waals surface area (Å²) in [4.78, 5) is 11.6. The molecule has 17 heavy (non-hydrogen) atoms. The van der Waals surface area contributed by atoms with Gasteiger partial charge in [-0.15, -0.1) is 0 Å². The van der Waals surface area contributed by atoms with Crippen molar-refractivity contribution in [2.45, 2.75) is 13.3 Å². The fourth-order valence-electron chi connectivity index (χ4n) is 1.57. The highest BCUT2D eigenvalue weighted by molar-refractivity contribution is 7.03. The predicted octanol–water partition coefficient (Wildman–Crippen LogP) is 2.91. The summed E-state index contributed by atoms with van der Waals surface area (Å²) in [6, 6.07) is 10.0. The van der Waals surface area contributed by atoms with Crippen LogP contribution < -0.4 is 0 Å². The van der Waals surface area contributed by atoms with Gasteiger partial charge in [0.15, 0.2) is 5.69 Å². The molecule has 1 heterocycles. The van der Waals surface area contributed by atoms with E-state index < -0.39 is 0 Å². The number of hydrogen-bond acceptors (Lipinski definition) is 4. The molecule has 0 radical (unpaired) electrons. The average Bonchev–Trinajstić information content (AvgIpc) is 2.79. The lowest BCUT2D eigenvalue weighted by Crippen LogP contribution is -2.07. The molecule has 0 unspecified atom stereocenters. The highest BCUT2D eigenvalue weighted by atomic mass is 32.1. The van der Waals surface area contributed by atoms with E-state index in [1.807, 2.05) is 35.7 Å². The lowest BCUT2D eigenvalue weighted by atomic mass is 10.1. The number of carbonyl (C=O) groups is 1. The smallest absolute Gasteiger partial charge is 0.358 e. The first-order chi connectivity index (χ1) is 8.31. The molecule has 0 aliphatic rings. The van der Waals surface area contributed by atoms with Crippen molar-refractivity contribution in [2.24, 2.45) is 0 Å². The average molecular weight is 247 g/mol. The van der Waals surface area contributed by atoms with Gasteiger partial charge in [0.2, 0.25) is 0 Å². The summed E-state index contributed by atoms with van der Waals surface area (Å²) in [7, 11) is 0. The van der Waals surface area contributed by atoms with Crippen LogP contribution >= 0.6 is 11.5 Å². The molecule has 1 aromatic heterocycles. The third-order valence-corrected chi connectivity index (χ3v) is 3.03. The van der Waals surface area contributed by atoms with E-state index >= 15 is 0 Å². The summed E-state index contributed by atoms with van der Waals surface area (Å²) < 4.78 is 9.07. The first-order valence-corrected chi connectivity index (χ1v) is 6.29. The van der Waals surface area contributed by atoms with Gasteiger partial charge in [0.1, 0.15) is 0 Å². The van der Waals surface area contributed by atoms with Crippen LogP contribution in [0.25, 0.3) is 0 Å². The molecule has 0 saturated heterocycles. The van der Waals surface area contributed by atoms with Gasteiger partial charge in [-0.25, -0.2) is 4.79 Å². The third kappa shape index (κ3) is 2.91. The fraction of sp³-hybridized carbons (Fsp3) is 0.231. The van der Waals surface area contributed by atoms with Crippen LogP contribution in [0.15, 0.2) is 35.7 Å². The Morgan fingerprint density at radius 2 is 2.12 bits per heavy atom. The number of ether oxygens (including phenoxy) is 1. The summed E-state index contributed by atoms with van der Waals surface area (Å²) in [5.41, 5.74) is 2.54. The fourth-order valence-corrected chi connectivity index (χ4v) is 2.24. The molecule has 0 saturated carbocycles. The van der Waals surface area contributed by atoms with E-state index in [2.05, 4.69) is 4.37 Å². The maximum Gasteiger partial charge on any atom is 0.358 e. The van der Waals surface area contributed by atoms with Crippen molar-refractivity contribution in [1.29, 1.82) is 0 Å². The van der Waals surface area contributed by atoms with Gasteiger partial charge in [-0.3, -0.25) is 0 Å². The van der Waals surface area contributed by atoms with Gasteiger partial charge in [-0.05, 0) is 24.0 Å². The lowest BCUT2D eigenvalue weighted by molar-refractivity contribution is 0.0520. The Labute approximate surface area is 104 Å². The van der Waals surface area contributed by atoms with Gasteiger partial charge in [0.25, 0.3) is 0 Å². The van der Waals surface area contributed by atoms with Crippen LogP contribution in [0.1, 0.15) is 28.5 Å². The Morgan fingerprint density at radius 3 is 2.82 bits per heavy atom. The van der Waals surface area contributed by atoms with Crippen molar-refractivity contribution < 1.29 is 9.53 Å². The zero-order valence-corrected chi connectivity index (χ0v) is 10.4. The second-order valence-corrected chi connectivity index (χ2v) is 4.20. The quantitative estimate of drug-likeness (QED) is 0.780. The minimum Gasteiger partial charge on any atom is -0.461 e. The molecule has 0 aliphatic heterocycles. The number of aromatic nitrogens is 1. The molecule has 0 bridgehead atoms. The number of esters is 1. The second-order valence-electron chi connectivity index (χ2n) is 3.57. The summed E-state index contributed by atoms with van der Waals surface area (Å²) in [5.74, 6) is -0.334. The number of hydrogen-bond donors (Lipinski definition) is 0. The van der Waals surface area contributed by atoms with E-state index in [0.717, 1.165) is 5.56 Å². The molecule has 0 amide bonds. The molecular weight excluding hydrogens is 234 g/mol. The van der Waals surface area contributed by atoms with Gasteiger partial charge in [0, 0.05) is 17.4 Å². The molecule has 0 N–H and O–H groups in total. The zero-order valence-electron chi connectivity index (χ0n) is 9.55. The Balaban J connectivity index is 2.17. The van der Waals surface area contributed by atoms with E-state index in [0.29, 0.717) is 18.7 Å². The molecule has 1 aromatic carbocycles. The van der Waals surface area contributed by atoms with E-state index in [1.54, 1.807) is 6.92 Å². The van der Waals surface area contributed by atoms with Crippen molar-refractivity contribution in [3.05, 3.63) is 52.5 Å². The van der Waals surface area contributed by atoms with Gasteiger partial charge in [-0.1, -0.05) is 30.3 Å². The molecule has 0 aliphatic carbocycles. The maximum atomic E-state index is 11.6. The molecule has 2 rings (SSSR count). The van der Waals surface area contributed by atoms with E-state index in [-0.39, 0.29) is 5.97 Å². The first kappa shape index (κ1) is 11.8. The van der Waals surface area contributed by atoms with Crippen LogP contribution in [0.4, 0.5) is 0 Å². The van der Waals surface area contributed by atoms with Gasteiger partial charge >= 0.3 is 5.97 Å². The molecule has 2 aromatic rings. The van der Waals surface area contributed by atoms with E-state index in [9.17, 15) is 4.79 Å². The van der Waals surface area contributed by atoms with Crippen molar-refractivity contribution in [3.8, 4) is 0 Å². The van der Waals surface area contributed by atoms with Crippen LogP contribution in [0, 0.1) is 0 Å². The number of carbonyl (C=O) groups excluding carboxylic acids is 1. The Bertz CT molecular complexity index is 493. The van der Waals surface area contributed by atoms with Gasteiger partial charge in [-0.2, -0.15) is 4.37 Å². The third-order valence-electron chi connectivity index (χ3n) is 2.35. The standard InChI is InChI=1S/C13H13NO2S/c1-2-16-13(15)12-11(9-17-14-12)8-10-6-4-3-5-7-10/h3-7,9H,2,8H2,1H3. The molecule has 88 valence electrons. The SMILES string of the molecule is CCOC(=O)c1nscc1Cc1ccccc1. The molecule has 3 nitrogen and oxygen atoms in total. The molecule has 0 fully saturated rings. The molecule has 0 atom stereocenters. The van der Waals surface area contributed by atoms with Crippen LogP contribution in [-0.2, 0) is 11.2 Å². The Hall–Kier alpha value is -1.68. The summed E-state index contributed by atoms with van der Waals surface area (Å²) in [5, 5.41) is 1.90. The van der Waals surface area contributed by atoms with Gasteiger partial charge in [0.05, 0.1) is 6.61 Å². The van der Waals surface area contributed by atoms with Gasteiger partial charge < -0.3 is 4.74 Å². The summed E-state index contributed by atoms with van der Waals surface area (Å²) in [6.07, 6.45) is 0.714. The van der Waals surface area contributed by atoms with Crippen LogP contribution in [0.3, 0.4) is 0 Å². The number of rotatable bonds is 4. The zero-order chi connectivity index (χ0) is 12.1. The highest BCUT2D eigenvalue weighted by Gasteiger charge is 2.15.